The van der Waals surface area contributed by atoms with Crippen LogP contribution in [0.2, 0.25) is 5.15 Å². The molecule has 0 spiro atoms. The van der Waals surface area contributed by atoms with Crippen LogP contribution in [0.3, 0.4) is 0 Å². The summed E-state index contributed by atoms with van der Waals surface area (Å²) in [6.45, 7) is 1.81. The Morgan fingerprint density at radius 1 is 1.25 bits per heavy atom. The number of aliphatic hydroxyl groups excluding tert-OH is 1. The number of pyridine rings is 1. The Morgan fingerprint density at radius 2 is 2.06 bits per heavy atom. The lowest BCUT2D eigenvalue weighted by molar-refractivity contribution is 0.209. The third kappa shape index (κ3) is 2.18. The summed E-state index contributed by atoms with van der Waals surface area (Å²) in [5.74, 6) is 0. The van der Waals surface area contributed by atoms with Crippen LogP contribution in [0.1, 0.15) is 23.1 Å². The van der Waals surface area contributed by atoms with E-state index in [1.165, 1.54) is 0 Å². The summed E-state index contributed by atoms with van der Waals surface area (Å²) in [6.07, 6.45) is 0.749. The molecule has 2 aromatic heterocycles. The molecule has 0 saturated heterocycles. The second-order valence-corrected chi connectivity index (χ2v) is 3.76. The van der Waals surface area contributed by atoms with Gasteiger partial charge in [0.25, 0.3) is 0 Å². The fraction of sp³-hybridized carbons (Fsp3) is 0.182. The molecule has 2 rings (SSSR count). The van der Waals surface area contributed by atoms with Crippen molar-refractivity contribution in [2.45, 2.75) is 13.0 Å². The Balaban J connectivity index is 2.34. The first kappa shape index (κ1) is 11.0. The van der Waals surface area contributed by atoms with Gasteiger partial charge >= 0.3 is 0 Å². The molecule has 0 saturated carbocycles. The van der Waals surface area contributed by atoms with E-state index in [0.29, 0.717) is 16.5 Å². The first-order valence-corrected chi connectivity index (χ1v) is 5.15. The number of hydrogen-bond donors (Lipinski definition) is 1. The minimum absolute atomic E-state index is 0.344. The van der Waals surface area contributed by atoms with Crippen molar-refractivity contribution < 1.29 is 5.11 Å². The topological polar surface area (TPSA) is 58.9 Å². The van der Waals surface area contributed by atoms with Crippen LogP contribution in [0.5, 0.6) is 0 Å². The van der Waals surface area contributed by atoms with Gasteiger partial charge < -0.3 is 5.11 Å². The lowest BCUT2D eigenvalue weighted by atomic mass is 10.1. The van der Waals surface area contributed by atoms with Gasteiger partial charge in [-0.2, -0.15) is 5.10 Å². The minimum atomic E-state index is -0.871. The lowest BCUT2D eigenvalue weighted by Crippen LogP contribution is -2.06. The molecule has 0 amide bonds. The highest BCUT2D eigenvalue weighted by atomic mass is 35.5. The Bertz CT molecular complexity index is 490. The van der Waals surface area contributed by atoms with Gasteiger partial charge in [-0.1, -0.05) is 17.7 Å². The van der Waals surface area contributed by atoms with Gasteiger partial charge in [-0.05, 0) is 30.7 Å². The van der Waals surface area contributed by atoms with Crippen LogP contribution in [0, 0.1) is 6.92 Å². The summed E-state index contributed by atoms with van der Waals surface area (Å²) < 4.78 is 0. The summed E-state index contributed by atoms with van der Waals surface area (Å²) in [7, 11) is 0. The molecule has 16 heavy (non-hydrogen) atoms. The van der Waals surface area contributed by atoms with Gasteiger partial charge in [-0.15, -0.1) is 5.10 Å². The van der Waals surface area contributed by atoms with E-state index in [1.807, 2.05) is 13.0 Å². The standard InChI is InChI=1S/C11H10ClN3O/c1-7-6-9(14-15-11(7)12)10(16)8-4-2-3-5-13-8/h2-6,10,16H,1H3. The van der Waals surface area contributed by atoms with Crippen molar-refractivity contribution in [1.29, 1.82) is 0 Å². The van der Waals surface area contributed by atoms with Crippen molar-refractivity contribution in [3.63, 3.8) is 0 Å². The normalized spacial score (nSPS) is 12.4. The fourth-order valence-corrected chi connectivity index (χ4v) is 1.41. The highest BCUT2D eigenvalue weighted by Gasteiger charge is 2.14. The zero-order chi connectivity index (χ0) is 11.5. The number of halogens is 1. The third-order valence-corrected chi connectivity index (χ3v) is 2.56. The third-order valence-electron chi connectivity index (χ3n) is 2.19. The second kappa shape index (κ2) is 4.55. The molecule has 2 heterocycles. The Kier molecular flexibility index (Phi) is 3.12. The molecule has 0 aliphatic heterocycles. The summed E-state index contributed by atoms with van der Waals surface area (Å²) in [6, 6.07) is 7.03. The summed E-state index contributed by atoms with van der Waals surface area (Å²) in [4.78, 5) is 4.06. The molecule has 0 radical (unpaired) electrons. The lowest BCUT2D eigenvalue weighted by Gasteiger charge is -2.09. The van der Waals surface area contributed by atoms with Crippen molar-refractivity contribution in [1.82, 2.24) is 15.2 Å². The zero-order valence-corrected chi connectivity index (χ0v) is 9.39. The predicted molar refractivity (Wildman–Crippen MR) is 60.1 cm³/mol. The monoisotopic (exact) mass is 235 g/mol. The molecular formula is C11H10ClN3O. The van der Waals surface area contributed by atoms with E-state index in [-0.39, 0.29) is 0 Å². The van der Waals surface area contributed by atoms with E-state index in [1.54, 1.807) is 24.4 Å². The number of aryl methyl sites for hydroxylation is 1. The minimum Gasteiger partial charge on any atom is -0.380 e. The average Bonchev–Trinajstić information content (AvgIpc) is 2.33. The molecule has 82 valence electrons. The van der Waals surface area contributed by atoms with Crippen molar-refractivity contribution in [2.24, 2.45) is 0 Å². The summed E-state index contributed by atoms with van der Waals surface area (Å²) in [5.41, 5.74) is 1.76. The Labute approximate surface area is 97.9 Å². The highest BCUT2D eigenvalue weighted by Crippen LogP contribution is 2.20. The number of hydrogen-bond acceptors (Lipinski definition) is 4. The van der Waals surface area contributed by atoms with E-state index < -0.39 is 6.10 Å². The van der Waals surface area contributed by atoms with Crippen LogP contribution in [0.15, 0.2) is 30.5 Å². The quantitative estimate of drug-likeness (QED) is 0.864. The molecule has 0 aromatic carbocycles. The summed E-state index contributed by atoms with van der Waals surface area (Å²) in [5, 5.41) is 17.9. The van der Waals surface area contributed by atoms with Gasteiger partial charge in [0, 0.05) is 6.20 Å². The van der Waals surface area contributed by atoms with Gasteiger partial charge in [-0.3, -0.25) is 4.98 Å². The molecule has 4 nitrogen and oxygen atoms in total. The van der Waals surface area contributed by atoms with Gasteiger partial charge in [-0.25, -0.2) is 0 Å². The molecule has 1 unspecified atom stereocenters. The number of aliphatic hydroxyl groups is 1. The Hall–Kier alpha value is -1.52. The van der Waals surface area contributed by atoms with Gasteiger partial charge in [0.15, 0.2) is 5.15 Å². The number of nitrogens with zero attached hydrogens (tertiary/aromatic N) is 3. The smallest absolute Gasteiger partial charge is 0.154 e. The van der Waals surface area contributed by atoms with E-state index in [9.17, 15) is 5.11 Å². The van der Waals surface area contributed by atoms with Gasteiger partial charge in [0.05, 0.1) is 11.4 Å². The van der Waals surface area contributed by atoms with Crippen LogP contribution in [0.4, 0.5) is 0 Å². The van der Waals surface area contributed by atoms with Crippen molar-refractivity contribution in [3.8, 4) is 0 Å². The van der Waals surface area contributed by atoms with Gasteiger partial charge in [0.1, 0.15) is 6.10 Å². The number of rotatable bonds is 2. The van der Waals surface area contributed by atoms with Crippen molar-refractivity contribution in [3.05, 3.63) is 52.6 Å². The van der Waals surface area contributed by atoms with Gasteiger partial charge in [0.2, 0.25) is 0 Å². The highest BCUT2D eigenvalue weighted by molar-refractivity contribution is 6.30. The van der Waals surface area contributed by atoms with Crippen LogP contribution in [-0.2, 0) is 0 Å². The Morgan fingerprint density at radius 3 is 2.69 bits per heavy atom. The molecule has 5 heteroatoms. The molecule has 0 fully saturated rings. The molecule has 1 N–H and O–H groups in total. The maximum absolute atomic E-state index is 10.00. The van der Waals surface area contributed by atoms with Crippen LogP contribution < -0.4 is 0 Å². The van der Waals surface area contributed by atoms with Crippen LogP contribution >= 0.6 is 11.6 Å². The first-order valence-electron chi connectivity index (χ1n) is 4.77. The largest absolute Gasteiger partial charge is 0.380 e. The van der Waals surface area contributed by atoms with E-state index in [0.717, 1.165) is 5.56 Å². The number of aromatic nitrogens is 3. The second-order valence-electron chi connectivity index (χ2n) is 3.40. The first-order chi connectivity index (χ1) is 7.68. The van der Waals surface area contributed by atoms with E-state index in [2.05, 4.69) is 15.2 Å². The fourth-order valence-electron chi connectivity index (χ4n) is 1.31. The maximum Gasteiger partial charge on any atom is 0.154 e. The van der Waals surface area contributed by atoms with Crippen molar-refractivity contribution >= 4 is 11.6 Å². The zero-order valence-electron chi connectivity index (χ0n) is 8.63. The molecule has 0 bridgehead atoms. The van der Waals surface area contributed by atoms with E-state index in [4.69, 9.17) is 11.6 Å². The summed E-state index contributed by atoms with van der Waals surface area (Å²) >= 11 is 5.76. The van der Waals surface area contributed by atoms with Crippen molar-refractivity contribution in [2.75, 3.05) is 0 Å². The molecular weight excluding hydrogens is 226 g/mol. The van der Waals surface area contributed by atoms with E-state index >= 15 is 0 Å². The maximum atomic E-state index is 10.00. The van der Waals surface area contributed by atoms with Crippen LogP contribution in [0.25, 0.3) is 0 Å². The van der Waals surface area contributed by atoms with Crippen LogP contribution in [-0.4, -0.2) is 20.3 Å². The SMILES string of the molecule is Cc1cc(C(O)c2ccccn2)nnc1Cl. The average molecular weight is 236 g/mol. The molecule has 1 atom stereocenters. The predicted octanol–water partition coefficient (Wildman–Crippen LogP) is 1.92. The molecule has 0 aliphatic carbocycles. The molecule has 0 aliphatic rings. The molecule has 2 aromatic rings.